The summed E-state index contributed by atoms with van der Waals surface area (Å²) in [5, 5.41) is 21.5. The standard InChI is InChI=1S/BH3O3.6H2O/c2-1(3)4;;;;;;/h2-4H;6*1H2. The molecule has 0 aromatic carbocycles. The number of hydrogen-bond acceptors (Lipinski definition) is 3. The molecule has 0 radical (unpaired) electrons. The lowest BCUT2D eigenvalue weighted by Gasteiger charge is -1.69. The summed E-state index contributed by atoms with van der Waals surface area (Å²) < 4.78 is 0. The van der Waals surface area contributed by atoms with E-state index in [0.717, 1.165) is 0 Å². The molecule has 0 aliphatic rings. The van der Waals surface area contributed by atoms with Crippen LogP contribution in [-0.4, -0.2) is 55.3 Å². The first kappa shape index (κ1) is 101. The van der Waals surface area contributed by atoms with Gasteiger partial charge in [0.25, 0.3) is 0 Å². The van der Waals surface area contributed by atoms with Crippen LogP contribution in [0.15, 0.2) is 0 Å². The van der Waals surface area contributed by atoms with E-state index in [2.05, 4.69) is 0 Å². The first-order valence-corrected chi connectivity index (χ1v) is 0.775. The maximum Gasteiger partial charge on any atom is 0.631 e. The average molecular weight is 170 g/mol. The van der Waals surface area contributed by atoms with E-state index in [4.69, 9.17) is 15.1 Å². The van der Waals surface area contributed by atoms with Gasteiger partial charge in [-0.1, -0.05) is 0 Å². The zero-order valence-electron chi connectivity index (χ0n) is 4.92. The molecule has 0 amide bonds. The summed E-state index contributed by atoms with van der Waals surface area (Å²) in [6.45, 7) is 0. The van der Waals surface area contributed by atoms with Crippen molar-refractivity contribution in [1.82, 2.24) is 0 Å². The fourth-order valence-corrected chi connectivity index (χ4v) is 0. The molecule has 0 spiro atoms. The minimum absolute atomic E-state index is 0. The molecule has 0 heterocycles. The summed E-state index contributed by atoms with van der Waals surface area (Å²) in [7, 11) is -2.17. The van der Waals surface area contributed by atoms with E-state index < -0.39 is 7.32 Å². The predicted octanol–water partition coefficient (Wildman–Crippen LogP) is -7.00. The average Bonchev–Trinajstić information content (AvgIpc) is 0.811. The lowest BCUT2D eigenvalue weighted by molar-refractivity contribution is 0.278. The zero-order chi connectivity index (χ0) is 3.58. The van der Waals surface area contributed by atoms with Gasteiger partial charge in [0.05, 0.1) is 0 Å². The second-order valence-electron chi connectivity index (χ2n) is 0.346. The van der Waals surface area contributed by atoms with Gasteiger partial charge in [0.15, 0.2) is 0 Å². The van der Waals surface area contributed by atoms with Crippen LogP contribution < -0.4 is 0 Å². The van der Waals surface area contributed by atoms with E-state index >= 15 is 0 Å². The molecule has 0 rings (SSSR count). The largest absolute Gasteiger partial charge is 0.631 e. The second kappa shape index (κ2) is 70.6. The van der Waals surface area contributed by atoms with Crippen molar-refractivity contribution in [3.05, 3.63) is 0 Å². The van der Waals surface area contributed by atoms with Crippen molar-refractivity contribution in [1.29, 1.82) is 0 Å². The Balaban J connectivity index is -0.00000000300. The first-order valence-electron chi connectivity index (χ1n) is 0.775. The van der Waals surface area contributed by atoms with Gasteiger partial charge in [-0.25, -0.2) is 0 Å². The van der Waals surface area contributed by atoms with Gasteiger partial charge in [0.1, 0.15) is 0 Å². The summed E-state index contributed by atoms with van der Waals surface area (Å²) in [5.74, 6) is 0. The molecule has 0 saturated heterocycles. The van der Waals surface area contributed by atoms with E-state index in [1.54, 1.807) is 0 Å². The van der Waals surface area contributed by atoms with Gasteiger partial charge in [0.2, 0.25) is 0 Å². The molecule has 0 saturated carbocycles. The lowest BCUT2D eigenvalue weighted by atomic mass is 10.3. The molecule has 0 aromatic rings. The SMILES string of the molecule is O.O.O.O.O.O.OB(O)O. The highest BCUT2D eigenvalue weighted by Crippen LogP contribution is 1.40. The Morgan fingerprint density at radius 2 is 0.500 bits per heavy atom. The molecule has 0 aliphatic heterocycles. The van der Waals surface area contributed by atoms with Crippen LogP contribution in [0.5, 0.6) is 0 Å². The summed E-state index contributed by atoms with van der Waals surface area (Å²) in [6.07, 6.45) is 0. The number of rotatable bonds is 0. The summed E-state index contributed by atoms with van der Waals surface area (Å²) in [5.41, 5.74) is 0. The smallest absolute Gasteiger partial charge is 0.412 e. The quantitative estimate of drug-likeness (QED) is 0.299. The lowest BCUT2D eigenvalue weighted by Crippen LogP contribution is -2.07. The molecule has 0 aromatic heterocycles. The van der Waals surface area contributed by atoms with Crippen LogP contribution in [0.1, 0.15) is 0 Å². The maximum absolute atomic E-state index is 7.17. The minimum atomic E-state index is -2.17. The Labute approximate surface area is 56.6 Å². The molecule has 15 N–H and O–H groups in total. The second-order valence-corrected chi connectivity index (χ2v) is 0.346. The molecule has 0 bridgehead atoms. The predicted molar refractivity (Wildman–Crippen MR) is 34.1 cm³/mol. The Morgan fingerprint density at radius 3 is 0.500 bits per heavy atom. The van der Waals surface area contributed by atoms with Gasteiger partial charge in [-0.15, -0.1) is 0 Å². The van der Waals surface area contributed by atoms with Crippen molar-refractivity contribution in [2.45, 2.75) is 0 Å². The molecular weight excluding hydrogens is 155 g/mol. The third-order valence-corrected chi connectivity index (χ3v) is 0. The normalized spacial score (nSPS) is 2.70. The van der Waals surface area contributed by atoms with Crippen molar-refractivity contribution < 1.29 is 47.9 Å². The van der Waals surface area contributed by atoms with E-state index in [9.17, 15) is 0 Å². The fraction of sp³-hybridized carbons (Fsp3) is 0. The van der Waals surface area contributed by atoms with Crippen LogP contribution in [0.25, 0.3) is 0 Å². The molecule has 72 valence electrons. The van der Waals surface area contributed by atoms with Crippen LogP contribution >= 0.6 is 0 Å². The highest BCUT2D eigenvalue weighted by atomic mass is 16.5. The van der Waals surface area contributed by atoms with Gasteiger partial charge in [0, 0.05) is 0 Å². The molecule has 0 fully saturated rings. The van der Waals surface area contributed by atoms with Crippen molar-refractivity contribution in [3.63, 3.8) is 0 Å². The zero-order valence-corrected chi connectivity index (χ0v) is 4.92. The van der Waals surface area contributed by atoms with Crippen LogP contribution in [0, 0.1) is 0 Å². The van der Waals surface area contributed by atoms with Crippen LogP contribution in [0.4, 0.5) is 0 Å². The maximum atomic E-state index is 7.17. The Bertz CT molecular complexity index is 9.44. The Hall–Kier alpha value is -0.295. The Morgan fingerprint density at radius 1 is 0.500 bits per heavy atom. The van der Waals surface area contributed by atoms with Crippen molar-refractivity contribution >= 4 is 7.32 Å². The van der Waals surface area contributed by atoms with Gasteiger partial charge in [-0.2, -0.15) is 0 Å². The number of hydrogen-bond donors (Lipinski definition) is 3. The van der Waals surface area contributed by atoms with E-state index in [1.165, 1.54) is 0 Å². The van der Waals surface area contributed by atoms with Crippen LogP contribution in [0.3, 0.4) is 0 Å². The molecule has 9 nitrogen and oxygen atoms in total. The van der Waals surface area contributed by atoms with E-state index in [-0.39, 0.29) is 32.9 Å². The van der Waals surface area contributed by atoms with Gasteiger partial charge in [-0.05, 0) is 0 Å². The van der Waals surface area contributed by atoms with Crippen molar-refractivity contribution in [2.75, 3.05) is 0 Å². The molecule has 10 heavy (non-hydrogen) atoms. The van der Waals surface area contributed by atoms with Gasteiger partial charge in [-0.3, -0.25) is 0 Å². The third-order valence-electron chi connectivity index (χ3n) is 0. The highest BCUT2D eigenvalue weighted by molar-refractivity contribution is 6.30. The monoisotopic (exact) mass is 170 g/mol. The van der Waals surface area contributed by atoms with Gasteiger partial charge < -0.3 is 47.9 Å². The van der Waals surface area contributed by atoms with E-state index in [0.29, 0.717) is 0 Å². The molecule has 0 aliphatic carbocycles. The highest BCUT2D eigenvalue weighted by Gasteiger charge is 1.92. The summed E-state index contributed by atoms with van der Waals surface area (Å²) in [4.78, 5) is 0. The van der Waals surface area contributed by atoms with Crippen molar-refractivity contribution in [3.8, 4) is 0 Å². The fourth-order valence-electron chi connectivity index (χ4n) is 0. The molecular formula is H15BO9. The molecule has 10 heteroatoms. The minimum Gasteiger partial charge on any atom is -0.412 e. The van der Waals surface area contributed by atoms with Crippen LogP contribution in [0.2, 0.25) is 0 Å². The summed E-state index contributed by atoms with van der Waals surface area (Å²) in [6, 6.07) is 0. The third kappa shape index (κ3) is 3980. The van der Waals surface area contributed by atoms with Crippen molar-refractivity contribution in [2.24, 2.45) is 0 Å². The molecule has 0 atom stereocenters. The Kier molecular flexibility index (Phi) is 710. The summed E-state index contributed by atoms with van der Waals surface area (Å²) >= 11 is 0. The topological polar surface area (TPSA) is 250 Å². The van der Waals surface area contributed by atoms with Crippen LogP contribution in [-0.2, 0) is 0 Å². The molecule has 0 unspecified atom stereocenters. The van der Waals surface area contributed by atoms with Gasteiger partial charge >= 0.3 is 7.32 Å². The first-order chi connectivity index (χ1) is 1.73. The van der Waals surface area contributed by atoms with E-state index in [1.807, 2.05) is 0 Å².